The average molecular weight is 472 g/mol. The van der Waals surface area contributed by atoms with Gasteiger partial charge in [0.15, 0.2) is 5.16 Å². The lowest BCUT2D eigenvalue weighted by Crippen LogP contribution is -2.25. The van der Waals surface area contributed by atoms with E-state index in [9.17, 15) is 13.2 Å². The van der Waals surface area contributed by atoms with Gasteiger partial charge in [0, 0.05) is 11.6 Å². The van der Waals surface area contributed by atoms with Crippen molar-refractivity contribution in [3.63, 3.8) is 0 Å². The predicted molar refractivity (Wildman–Crippen MR) is 123 cm³/mol. The van der Waals surface area contributed by atoms with Gasteiger partial charge in [-0.1, -0.05) is 65.8 Å². The van der Waals surface area contributed by atoms with Crippen LogP contribution in [-0.4, -0.2) is 29.0 Å². The SMILES string of the molecule is O=C(CSc1nc2ccccc2n1S(=O)(=O)c1ccc(Cl)cc1)NCc1ccccc1. The van der Waals surface area contributed by atoms with Gasteiger partial charge < -0.3 is 5.32 Å². The van der Waals surface area contributed by atoms with Gasteiger partial charge in [-0.05, 0) is 42.0 Å². The van der Waals surface area contributed by atoms with Crippen LogP contribution in [0.4, 0.5) is 0 Å². The van der Waals surface area contributed by atoms with Crippen molar-refractivity contribution < 1.29 is 13.2 Å². The first-order valence-electron chi connectivity index (χ1n) is 9.37. The highest BCUT2D eigenvalue weighted by molar-refractivity contribution is 8.00. The number of para-hydroxylation sites is 2. The Morgan fingerprint density at radius 2 is 1.65 bits per heavy atom. The smallest absolute Gasteiger partial charge is 0.270 e. The molecule has 0 aliphatic rings. The van der Waals surface area contributed by atoms with E-state index in [0.29, 0.717) is 22.6 Å². The Morgan fingerprint density at radius 3 is 2.39 bits per heavy atom. The average Bonchev–Trinajstić information content (AvgIpc) is 3.16. The highest BCUT2D eigenvalue weighted by Crippen LogP contribution is 2.29. The predicted octanol–water partition coefficient (Wildman–Crippen LogP) is 4.34. The van der Waals surface area contributed by atoms with Crippen LogP contribution in [0.5, 0.6) is 0 Å². The number of amides is 1. The Labute approximate surface area is 189 Å². The lowest BCUT2D eigenvalue weighted by Gasteiger charge is -2.10. The first kappa shape index (κ1) is 21.4. The second-order valence-electron chi connectivity index (χ2n) is 6.66. The highest BCUT2D eigenvalue weighted by Gasteiger charge is 2.25. The third-order valence-corrected chi connectivity index (χ3v) is 7.53. The number of carbonyl (C=O) groups is 1. The molecule has 1 heterocycles. The summed E-state index contributed by atoms with van der Waals surface area (Å²) in [5.74, 6) is -0.178. The van der Waals surface area contributed by atoms with Gasteiger partial charge in [0.05, 0.1) is 21.7 Å². The van der Waals surface area contributed by atoms with Crippen LogP contribution in [0, 0.1) is 0 Å². The molecule has 1 amide bonds. The zero-order chi connectivity index (χ0) is 21.8. The number of nitrogens with one attached hydrogen (secondary N) is 1. The first-order chi connectivity index (χ1) is 14.9. The Kier molecular flexibility index (Phi) is 6.31. The molecule has 0 atom stereocenters. The fourth-order valence-corrected chi connectivity index (χ4v) is 5.66. The molecule has 6 nitrogen and oxygen atoms in total. The van der Waals surface area contributed by atoms with Crippen LogP contribution in [0.15, 0.2) is 88.9 Å². The van der Waals surface area contributed by atoms with Crippen LogP contribution in [0.1, 0.15) is 5.56 Å². The molecule has 1 N–H and O–H groups in total. The number of aromatic nitrogens is 2. The summed E-state index contributed by atoms with van der Waals surface area (Å²) in [4.78, 5) is 16.9. The van der Waals surface area contributed by atoms with Gasteiger partial charge in [-0.15, -0.1) is 0 Å². The Morgan fingerprint density at radius 1 is 0.968 bits per heavy atom. The fraction of sp³-hybridized carbons (Fsp3) is 0.0909. The van der Waals surface area contributed by atoms with Crippen molar-refractivity contribution >= 4 is 50.3 Å². The van der Waals surface area contributed by atoms with Gasteiger partial charge >= 0.3 is 0 Å². The van der Waals surface area contributed by atoms with E-state index >= 15 is 0 Å². The minimum absolute atomic E-state index is 0.0340. The van der Waals surface area contributed by atoms with E-state index in [1.54, 1.807) is 24.3 Å². The van der Waals surface area contributed by atoms with Crippen molar-refractivity contribution in [3.8, 4) is 0 Å². The van der Waals surface area contributed by atoms with E-state index in [-0.39, 0.29) is 21.7 Å². The summed E-state index contributed by atoms with van der Waals surface area (Å²) in [5.41, 5.74) is 1.97. The number of hydrogen-bond acceptors (Lipinski definition) is 5. The van der Waals surface area contributed by atoms with Crippen molar-refractivity contribution in [2.75, 3.05) is 5.75 Å². The number of fused-ring (bicyclic) bond motifs is 1. The van der Waals surface area contributed by atoms with Crippen LogP contribution in [0.3, 0.4) is 0 Å². The van der Waals surface area contributed by atoms with E-state index in [0.717, 1.165) is 17.3 Å². The number of nitrogens with zero attached hydrogens (tertiary/aromatic N) is 2. The van der Waals surface area contributed by atoms with Gasteiger partial charge in [-0.3, -0.25) is 4.79 Å². The van der Waals surface area contributed by atoms with Gasteiger partial charge in [0.25, 0.3) is 10.0 Å². The molecule has 9 heteroatoms. The van der Waals surface area contributed by atoms with E-state index < -0.39 is 10.0 Å². The summed E-state index contributed by atoms with van der Waals surface area (Å²) in [5, 5.41) is 3.51. The third-order valence-electron chi connectivity index (χ3n) is 4.51. The van der Waals surface area contributed by atoms with Gasteiger partial charge in [-0.25, -0.2) is 17.4 Å². The number of rotatable bonds is 7. The summed E-state index contributed by atoms with van der Waals surface area (Å²) in [6, 6.07) is 22.5. The quantitative estimate of drug-likeness (QED) is 0.405. The van der Waals surface area contributed by atoms with Crippen molar-refractivity contribution in [1.82, 2.24) is 14.3 Å². The molecule has 3 aromatic carbocycles. The van der Waals surface area contributed by atoms with Crippen molar-refractivity contribution in [1.29, 1.82) is 0 Å². The van der Waals surface area contributed by atoms with E-state index in [2.05, 4.69) is 10.3 Å². The van der Waals surface area contributed by atoms with Gasteiger partial charge in [-0.2, -0.15) is 0 Å². The number of benzene rings is 3. The van der Waals surface area contributed by atoms with Gasteiger partial charge in [0.2, 0.25) is 5.91 Å². The number of thioether (sulfide) groups is 1. The Bertz CT molecular complexity index is 1320. The van der Waals surface area contributed by atoms with Crippen molar-refractivity contribution in [3.05, 3.63) is 89.4 Å². The Hall–Kier alpha value is -2.81. The van der Waals surface area contributed by atoms with Crippen molar-refractivity contribution in [2.45, 2.75) is 16.6 Å². The van der Waals surface area contributed by atoms with E-state index in [1.165, 1.54) is 28.2 Å². The van der Waals surface area contributed by atoms with E-state index in [1.807, 2.05) is 30.3 Å². The summed E-state index contributed by atoms with van der Waals surface area (Å²) >= 11 is 6.98. The minimum Gasteiger partial charge on any atom is -0.351 e. The zero-order valence-electron chi connectivity index (χ0n) is 16.2. The third kappa shape index (κ3) is 4.76. The highest BCUT2D eigenvalue weighted by atomic mass is 35.5. The Balaban J connectivity index is 1.59. The molecule has 158 valence electrons. The zero-order valence-corrected chi connectivity index (χ0v) is 18.6. The molecular weight excluding hydrogens is 454 g/mol. The molecule has 0 spiro atoms. The lowest BCUT2D eigenvalue weighted by molar-refractivity contribution is -0.118. The maximum atomic E-state index is 13.4. The molecule has 4 aromatic rings. The number of halogens is 1. The molecule has 0 aliphatic carbocycles. The molecule has 0 fully saturated rings. The molecular formula is C22H18ClN3O3S2. The molecule has 4 rings (SSSR count). The van der Waals surface area contributed by atoms with Crippen LogP contribution >= 0.6 is 23.4 Å². The molecule has 0 radical (unpaired) electrons. The standard InChI is InChI=1S/C22H18ClN3O3S2/c23-17-10-12-18(13-11-17)31(28,29)26-20-9-5-4-8-19(20)25-22(26)30-15-21(27)24-14-16-6-2-1-3-7-16/h1-13H,14-15H2,(H,24,27). The van der Waals surface area contributed by atoms with Crippen molar-refractivity contribution in [2.24, 2.45) is 0 Å². The van der Waals surface area contributed by atoms with Crippen LogP contribution in [0.2, 0.25) is 5.02 Å². The fourth-order valence-electron chi connectivity index (χ4n) is 2.99. The maximum Gasteiger partial charge on any atom is 0.270 e. The second kappa shape index (κ2) is 9.13. The molecule has 31 heavy (non-hydrogen) atoms. The van der Waals surface area contributed by atoms with E-state index in [4.69, 9.17) is 11.6 Å². The largest absolute Gasteiger partial charge is 0.351 e. The summed E-state index contributed by atoms with van der Waals surface area (Å²) in [7, 11) is -3.93. The molecule has 0 saturated carbocycles. The second-order valence-corrected chi connectivity index (χ2v) is 9.82. The molecule has 0 unspecified atom stereocenters. The molecule has 0 aliphatic heterocycles. The molecule has 0 saturated heterocycles. The van der Waals surface area contributed by atoms with Gasteiger partial charge in [0.1, 0.15) is 0 Å². The molecule has 1 aromatic heterocycles. The number of imidazole rings is 1. The number of hydrogen-bond donors (Lipinski definition) is 1. The summed E-state index contributed by atoms with van der Waals surface area (Å²) < 4.78 is 27.9. The lowest BCUT2D eigenvalue weighted by atomic mass is 10.2. The monoisotopic (exact) mass is 471 g/mol. The topological polar surface area (TPSA) is 81.1 Å². The summed E-state index contributed by atoms with van der Waals surface area (Å²) in [6.07, 6.45) is 0. The summed E-state index contributed by atoms with van der Waals surface area (Å²) in [6.45, 7) is 0.403. The minimum atomic E-state index is -3.93. The number of carbonyl (C=O) groups excluding carboxylic acids is 1. The first-order valence-corrected chi connectivity index (χ1v) is 12.2. The normalized spacial score (nSPS) is 11.5. The maximum absolute atomic E-state index is 13.4. The van der Waals surface area contributed by atoms with Crippen LogP contribution < -0.4 is 5.32 Å². The molecule has 0 bridgehead atoms. The van der Waals surface area contributed by atoms with Crippen LogP contribution in [-0.2, 0) is 21.4 Å². The van der Waals surface area contributed by atoms with Crippen LogP contribution in [0.25, 0.3) is 11.0 Å².